The molecule has 0 aliphatic rings. The highest BCUT2D eigenvalue weighted by Gasteiger charge is 2.11. The summed E-state index contributed by atoms with van der Waals surface area (Å²) < 4.78 is 9.71. The van der Waals surface area contributed by atoms with Crippen LogP contribution in [0.15, 0.2) is 42.7 Å². The maximum atomic E-state index is 11.7. The zero-order valence-corrected chi connectivity index (χ0v) is 18.3. The van der Waals surface area contributed by atoms with Crippen molar-refractivity contribution in [2.45, 2.75) is 45.9 Å². The molecule has 1 aromatic carbocycles. The van der Waals surface area contributed by atoms with Crippen LogP contribution in [0, 0.1) is 6.92 Å². The number of amides is 1. The van der Waals surface area contributed by atoms with Crippen LogP contribution in [0.5, 0.6) is 0 Å². The van der Waals surface area contributed by atoms with Gasteiger partial charge in [-0.2, -0.15) is 0 Å². The molecule has 2 aromatic rings. The lowest BCUT2D eigenvalue weighted by Gasteiger charge is -2.07. The first-order valence-electron chi connectivity index (χ1n) is 8.76. The van der Waals surface area contributed by atoms with Gasteiger partial charge >= 0.3 is 6.09 Å². The third-order valence-electron chi connectivity index (χ3n) is 4.10. The van der Waals surface area contributed by atoms with Gasteiger partial charge in [-0.15, -0.1) is 0 Å². The molecule has 0 unspecified atom stereocenters. The number of imidazole rings is 1. The van der Waals surface area contributed by atoms with Gasteiger partial charge in [0, 0.05) is 25.2 Å². The average molecular weight is 489 g/mol. The zero-order chi connectivity index (χ0) is 17.9. The fourth-order valence-electron chi connectivity index (χ4n) is 2.60. The molecule has 144 valence electrons. The number of rotatable bonds is 10. The summed E-state index contributed by atoms with van der Waals surface area (Å²) in [5, 5.41) is 3.86. The van der Waals surface area contributed by atoms with Gasteiger partial charge in [0.25, 0.3) is 5.82 Å². The maximum absolute atomic E-state index is 11.7. The van der Waals surface area contributed by atoms with E-state index in [9.17, 15) is 4.79 Å². The minimum absolute atomic E-state index is 0. The molecule has 1 amide bonds. The number of alkyl halides is 1. The van der Waals surface area contributed by atoms with Gasteiger partial charge < -0.3 is 27.0 Å². The molecular weight excluding hydrogens is 462 g/mol. The van der Waals surface area contributed by atoms with Crippen LogP contribution in [0.2, 0.25) is 0 Å². The van der Waals surface area contributed by atoms with E-state index in [1.54, 1.807) is 0 Å². The van der Waals surface area contributed by atoms with E-state index in [0.717, 1.165) is 30.4 Å². The number of aromatic nitrogens is 2. The number of ether oxygens (including phenoxy) is 1. The average Bonchev–Trinajstić information content (AvgIpc) is 2.98. The summed E-state index contributed by atoms with van der Waals surface area (Å²) in [5.41, 5.74) is 0.991. The third-order valence-corrected chi connectivity index (χ3v) is 4.66. The summed E-state index contributed by atoms with van der Waals surface area (Å²) in [5.74, 6) is 1.25. The molecular formula is C19H27Br2N3O2. The number of carbonyl (C=O) groups excluding carboxylic acids is 1. The summed E-state index contributed by atoms with van der Waals surface area (Å²) in [6.07, 6.45) is 7.11. The molecule has 0 saturated heterocycles. The van der Waals surface area contributed by atoms with Crippen molar-refractivity contribution in [1.29, 1.82) is 0 Å². The molecule has 1 aromatic heterocycles. The van der Waals surface area contributed by atoms with Crippen LogP contribution in [0.25, 0.3) is 0 Å². The van der Waals surface area contributed by atoms with Crippen LogP contribution in [0.4, 0.5) is 4.79 Å². The van der Waals surface area contributed by atoms with E-state index in [0.29, 0.717) is 13.2 Å². The Morgan fingerprint density at radius 3 is 2.73 bits per heavy atom. The normalized spacial score (nSPS) is 10.2. The van der Waals surface area contributed by atoms with Crippen LogP contribution in [-0.4, -0.2) is 22.5 Å². The van der Waals surface area contributed by atoms with Crippen molar-refractivity contribution in [3.05, 3.63) is 54.1 Å². The number of unbranched alkanes of at least 4 members (excludes halogenated alkanes) is 1. The Labute approximate surface area is 174 Å². The van der Waals surface area contributed by atoms with Gasteiger partial charge in [-0.1, -0.05) is 46.3 Å². The standard InChI is InChI=1S/C19H26BrN3O2.BrH/c1-17-22(12-6-5-10-20)14-15-23(17)13-7-11-21-19(24)25-16-18-8-3-2-4-9-18;/h2-4,8-9,14-15H,5-7,10-13,16H2,1H3;1H. The zero-order valence-electron chi connectivity index (χ0n) is 15.2. The first-order valence-corrected chi connectivity index (χ1v) is 9.88. The van der Waals surface area contributed by atoms with Crippen LogP contribution in [0.3, 0.4) is 0 Å². The van der Waals surface area contributed by atoms with Crippen LogP contribution in [-0.2, 0) is 24.4 Å². The summed E-state index contributed by atoms with van der Waals surface area (Å²) >= 11 is 3.47. The third kappa shape index (κ3) is 7.91. The molecule has 0 fully saturated rings. The molecule has 0 bridgehead atoms. The Bertz CT molecular complexity index is 647. The number of aryl methyl sites for hydroxylation is 2. The van der Waals surface area contributed by atoms with Gasteiger partial charge in [-0.25, -0.2) is 13.9 Å². The Morgan fingerprint density at radius 2 is 2.00 bits per heavy atom. The van der Waals surface area contributed by atoms with Crippen molar-refractivity contribution in [2.75, 3.05) is 11.9 Å². The molecule has 2 rings (SSSR count). The van der Waals surface area contributed by atoms with E-state index in [1.165, 1.54) is 18.7 Å². The van der Waals surface area contributed by atoms with Gasteiger partial charge in [0.05, 0.1) is 13.1 Å². The van der Waals surface area contributed by atoms with Gasteiger partial charge in [0.1, 0.15) is 19.0 Å². The van der Waals surface area contributed by atoms with E-state index in [1.807, 2.05) is 30.3 Å². The highest BCUT2D eigenvalue weighted by molar-refractivity contribution is 9.09. The smallest absolute Gasteiger partial charge is 0.407 e. The first-order chi connectivity index (χ1) is 12.2. The molecule has 5 nitrogen and oxygen atoms in total. The largest absolute Gasteiger partial charge is 1.00 e. The first kappa shape index (κ1) is 22.7. The molecule has 0 spiro atoms. The lowest BCUT2D eigenvalue weighted by Crippen LogP contribution is -3.00. The predicted octanol–water partition coefficient (Wildman–Crippen LogP) is 0.580. The monoisotopic (exact) mass is 487 g/mol. The van der Waals surface area contributed by atoms with Crippen LogP contribution < -0.4 is 26.9 Å². The van der Waals surface area contributed by atoms with E-state index in [-0.39, 0.29) is 23.1 Å². The Morgan fingerprint density at radius 1 is 1.23 bits per heavy atom. The molecule has 0 atom stereocenters. The quantitative estimate of drug-likeness (QED) is 0.302. The second-order valence-corrected chi connectivity index (χ2v) is 6.76. The van der Waals surface area contributed by atoms with Crippen molar-refractivity contribution >= 4 is 22.0 Å². The predicted molar refractivity (Wildman–Crippen MR) is 102 cm³/mol. The molecule has 0 aliphatic carbocycles. The van der Waals surface area contributed by atoms with E-state index < -0.39 is 0 Å². The number of nitrogens with zero attached hydrogens (tertiary/aromatic N) is 2. The second-order valence-electron chi connectivity index (χ2n) is 5.97. The number of hydrogen-bond acceptors (Lipinski definition) is 2. The van der Waals surface area contributed by atoms with Crippen LogP contribution >= 0.6 is 15.9 Å². The van der Waals surface area contributed by atoms with Gasteiger partial charge in [0.15, 0.2) is 0 Å². The Hall–Kier alpha value is -1.34. The highest BCUT2D eigenvalue weighted by atomic mass is 79.9. The summed E-state index contributed by atoms with van der Waals surface area (Å²) in [7, 11) is 0. The lowest BCUT2D eigenvalue weighted by molar-refractivity contribution is -0.702. The molecule has 26 heavy (non-hydrogen) atoms. The van der Waals surface area contributed by atoms with E-state index in [2.05, 4.69) is 49.7 Å². The van der Waals surface area contributed by atoms with Crippen LogP contribution in [0.1, 0.15) is 30.7 Å². The number of benzene rings is 1. The fourth-order valence-corrected chi connectivity index (χ4v) is 3.00. The topological polar surface area (TPSA) is 47.1 Å². The Kier molecular flexibility index (Phi) is 11.3. The summed E-state index contributed by atoms with van der Waals surface area (Å²) in [6, 6.07) is 9.69. The molecule has 0 aliphatic heterocycles. The summed E-state index contributed by atoms with van der Waals surface area (Å²) in [4.78, 5) is 11.7. The maximum Gasteiger partial charge on any atom is 0.407 e. The molecule has 0 radical (unpaired) electrons. The molecule has 1 N–H and O–H groups in total. The van der Waals surface area contributed by atoms with Gasteiger partial charge in [-0.3, -0.25) is 0 Å². The van der Waals surface area contributed by atoms with Crippen molar-refractivity contribution in [3.8, 4) is 0 Å². The number of hydrogen-bond donors (Lipinski definition) is 1. The lowest BCUT2D eigenvalue weighted by atomic mass is 10.2. The van der Waals surface area contributed by atoms with Gasteiger partial charge in [0.2, 0.25) is 0 Å². The van der Waals surface area contributed by atoms with Crippen molar-refractivity contribution < 1.29 is 31.1 Å². The second kappa shape index (κ2) is 12.9. The van der Waals surface area contributed by atoms with Crippen molar-refractivity contribution in [1.82, 2.24) is 9.88 Å². The minimum atomic E-state index is -0.363. The number of alkyl carbamates (subject to hydrolysis) is 1. The highest BCUT2D eigenvalue weighted by Crippen LogP contribution is 2.02. The summed E-state index contributed by atoms with van der Waals surface area (Å²) in [6.45, 7) is 4.98. The molecule has 0 saturated carbocycles. The number of carbonyl (C=O) groups is 1. The fraction of sp³-hybridized carbons (Fsp3) is 0.474. The molecule has 7 heteroatoms. The van der Waals surface area contributed by atoms with Gasteiger partial charge in [-0.05, 0) is 18.4 Å². The SMILES string of the molecule is Cc1n(CCCCBr)cc[n+]1CCCNC(=O)OCc1ccccc1.[Br-]. The minimum Gasteiger partial charge on any atom is -1.00 e. The Balaban J connectivity index is 0.00000338. The van der Waals surface area contributed by atoms with E-state index in [4.69, 9.17) is 4.74 Å². The number of nitrogens with one attached hydrogen (secondary N) is 1. The molecule has 1 heterocycles. The van der Waals surface area contributed by atoms with Crippen molar-refractivity contribution in [2.24, 2.45) is 0 Å². The number of halogens is 2. The van der Waals surface area contributed by atoms with Crippen molar-refractivity contribution in [3.63, 3.8) is 0 Å². The van der Waals surface area contributed by atoms with E-state index >= 15 is 0 Å².